The molecular formula is C21H14F6N4O2. The molecule has 0 bridgehead atoms. The molecule has 172 valence electrons. The molecule has 0 saturated heterocycles. The summed E-state index contributed by atoms with van der Waals surface area (Å²) < 4.78 is 84.0. The number of allylic oxidation sites excluding steroid dienone is 2. The Morgan fingerprint density at radius 1 is 0.788 bits per heavy atom. The van der Waals surface area contributed by atoms with Crippen molar-refractivity contribution in [3.63, 3.8) is 0 Å². The van der Waals surface area contributed by atoms with Crippen molar-refractivity contribution >= 4 is 11.4 Å². The van der Waals surface area contributed by atoms with E-state index in [1.807, 2.05) is 0 Å². The van der Waals surface area contributed by atoms with Crippen LogP contribution in [0.5, 0.6) is 11.5 Å². The van der Waals surface area contributed by atoms with Gasteiger partial charge >= 0.3 is 12.7 Å². The molecule has 33 heavy (non-hydrogen) atoms. The molecule has 4 rings (SSSR count). The maximum Gasteiger partial charge on any atom is 0.573 e. The summed E-state index contributed by atoms with van der Waals surface area (Å²) in [5.41, 5.74) is 4.97. The van der Waals surface area contributed by atoms with Crippen molar-refractivity contribution in [2.45, 2.75) is 12.7 Å². The molecule has 6 nitrogen and oxygen atoms in total. The van der Waals surface area contributed by atoms with Gasteiger partial charge in [0.25, 0.3) is 0 Å². The van der Waals surface area contributed by atoms with Crippen LogP contribution in [-0.2, 0) is 0 Å². The number of anilines is 1. The van der Waals surface area contributed by atoms with Gasteiger partial charge in [-0.15, -0.1) is 26.3 Å². The molecule has 1 aliphatic rings. The molecule has 12 heteroatoms. The minimum Gasteiger partial charge on any atom is -0.406 e. The van der Waals surface area contributed by atoms with E-state index in [1.165, 1.54) is 53.3 Å². The van der Waals surface area contributed by atoms with Crippen LogP contribution in [0.4, 0.5) is 32.0 Å². The number of rotatable bonds is 5. The highest BCUT2D eigenvalue weighted by Crippen LogP contribution is 2.28. The molecule has 2 heterocycles. The van der Waals surface area contributed by atoms with Crippen LogP contribution in [0, 0.1) is 0 Å². The molecule has 0 fully saturated rings. The van der Waals surface area contributed by atoms with Crippen molar-refractivity contribution in [1.82, 2.24) is 15.2 Å². The van der Waals surface area contributed by atoms with E-state index in [-0.39, 0.29) is 5.75 Å². The van der Waals surface area contributed by atoms with Crippen LogP contribution in [0.3, 0.4) is 0 Å². The van der Waals surface area contributed by atoms with E-state index < -0.39 is 18.5 Å². The van der Waals surface area contributed by atoms with Crippen molar-refractivity contribution < 1.29 is 35.8 Å². The van der Waals surface area contributed by atoms with Crippen LogP contribution in [0.1, 0.15) is 5.69 Å². The molecule has 0 spiro atoms. The molecule has 0 unspecified atom stereocenters. The van der Waals surface area contributed by atoms with E-state index >= 15 is 0 Å². The van der Waals surface area contributed by atoms with Crippen molar-refractivity contribution in [2.24, 2.45) is 0 Å². The molecule has 2 aromatic carbocycles. The van der Waals surface area contributed by atoms with Crippen LogP contribution < -0.4 is 19.9 Å². The van der Waals surface area contributed by atoms with Gasteiger partial charge in [0.1, 0.15) is 11.5 Å². The summed E-state index contributed by atoms with van der Waals surface area (Å²) >= 11 is 0. The van der Waals surface area contributed by atoms with Crippen LogP contribution >= 0.6 is 0 Å². The van der Waals surface area contributed by atoms with Crippen molar-refractivity contribution in [3.05, 3.63) is 84.8 Å². The van der Waals surface area contributed by atoms with Crippen LogP contribution in [0.15, 0.2) is 79.1 Å². The molecule has 0 radical (unpaired) electrons. The average Bonchev–Trinajstić information content (AvgIpc) is 3.22. The summed E-state index contributed by atoms with van der Waals surface area (Å²) in [6.07, 6.45) is -3.11. The van der Waals surface area contributed by atoms with Gasteiger partial charge in [-0.1, -0.05) is 6.07 Å². The van der Waals surface area contributed by atoms with E-state index in [9.17, 15) is 26.3 Å². The SMILES string of the molecule is FC(F)(F)Oc1ccc(N2C=CC=C(c3ccnn3-c3cccc(OC(F)(F)F)c3)N2)cc1. The van der Waals surface area contributed by atoms with Gasteiger partial charge in [0.2, 0.25) is 0 Å². The van der Waals surface area contributed by atoms with Gasteiger partial charge in [-0.3, -0.25) is 10.4 Å². The minimum absolute atomic E-state index is 0.328. The first kappa shape index (κ1) is 22.1. The first-order valence-electron chi connectivity index (χ1n) is 9.28. The Bertz CT molecular complexity index is 1180. The topological polar surface area (TPSA) is 51.5 Å². The fourth-order valence-electron chi connectivity index (χ4n) is 3.06. The second kappa shape index (κ2) is 8.45. The van der Waals surface area contributed by atoms with Gasteiger partial charge in [-0.2, -0.15) is 5.10 Å². The van der Waals surface area contributed by atoms with Crippen molar-refractivity contribution in [1.29, 1.82) is 0 Å². The number of ether oxygens (including phenoxy) is 2. The van der Waals surface area contributed by atoms with Gasteiger partial charge in [-0.05, 0) is 54.6 Å². The first-order chi connectivity index (χ1) is 15.6. The van der Waals surface area contributed by atoms with Gasteiger partial charge in [0.05, 0.1) is 29.0 Å². The molecule has 3 aromatic rings. The molecule has 1 N–H and O–H groups in total. The Balaban J connectivity index is 1.54. The van der Waals surface area contributed by atoms with E-state index in [4.69, 9.17) is 0 Å². The maximum atomic E-state index is 12.6. The number of nitrogens with one attached hydrogen (secondary N) is 1. The Labute approximate surface area is 182 Å². The van der Waals surface area contributed by atoms with Crippen LogP contribution in [0.2, 0.25) is 0 Å². The molecule has 0 amide bonds. The lowest BCUT2D eigenvalue weighted by Crippen LogP contribution is -2.34. The second-order valence-corrected chi connectivity index (χ2v) is 6.62. The van der Waals surface area contributed by atoms with E-state index in [0.29, 0.717) is 22.8 Å². The van der Waals surface area contributed by atoms with Crippen molar-refractivity contribution in [3.8, 4) is 17.2 Å². The summed E-state index contributed by atoms with van der Waals surface area (Å²) in [4.78, 5) is 0. The molecule has 0 atom stereocenters. The average molecular weight is 468 g/mol. The Morgan fingerprint density at radius 2 is 1.48 bits per heavy atom. The second-order valence-electron chi connectivity index (χ2n) is 6.62. The van der Waals surface area contributed by atoms with Gasteiger partial charge < -0.3 is 9.47 Å². The lowest BCUT2D eigenvalue weighted by atomic mass is 10.2. The van der Waals surface area contributed by atoms with Crippen LogP contribution in [-0.4, -0.2) is 22.5 Å². The number of hydrazine groups is 1. The standard InChI is InChI=1S/C21H14F6N4O2/c22-20(23,24)32-16-8-6-14(7-9-16)30-12-2-5-18(29-30)19-10-11-28-31(19)15-3-1-4-17(13-15)33-21(25,26)27/h1-13,29H. The Morgan fingerprint density at radius 3 is 2.18 bits per heavy atom. The number of benzene rings is 2. The summed E-state index contributed by atoms with van der Waals surface area (Å²) in [7, 11) is 0. The molecule has 0 aliphatic carbocycles. The highest BCUT2D eigenvalue weighted by molar-refractivity contribution is 5.69. The maximum absolute atomic E-state index is 12.6. The van der Waals surface area contributed by atoms with Gasteiger partial charge in [0.15, 0.2) is 0 Å². The van der Waals surface area contributed by atoms with Crippen LogP contribution in [0.25, 0.3) is 11.4 Å². The largest absolute Gasteiger partial charge is 0.573 e. The van der Waals surface area contributed by atoms with E-state index in [0.717, 1.165) is 0 Å². The zero-order chi connectivity index (χ0) is 23.6. The Hall–Kier alpha value is -4.09. The molecule has 0 saturated carbocycles. The third kappa shape index (κ3) is 5.59. The Kier molecular flexibility index (Phi) is 5.66. The van der Waals surface area contributed by atoms with Gasteiger partial charge in [0, 0.05) is 12.3 Å². The minimum atomic E-state index is -4.83. The zero-order valence-corrected chi connectivity index (χ0v) is 16.4. The zero-order valence-electron chi connectivity index (χ0n) is 16.4. The fourth-order valence-corrected chi connectivity index (χ4v) is 3.06. The number of alkyl halides is 6. The quantitative estimate of drug-likeness (QED) is 0.498. The molecular weight excluding hydrogens is 454 g/mol. The highest BCUT2D eigenvalue weighted by Gasteiger charge is 2.32. The predicted molar refractivity (Wildman–Crippen MR) is 106 cm³/mol. The normalized spacial score (nSPS) is 14.0. The molecule has 1 aliphatic heterocycles. The number of hydrogen-bond donors (Lipinski definition) is 1. The van der Waals surface area contributed by atoms with E-state index in [1.54, 1.807) is 35.5 Å². The first-order valence-corrected chi connectivity index (χ1v) is 9.28. The summed E-state index contributed by atoms with van der Waals surface area (Å²) in [5.74, 6) is -0.753. The summed E-state index contributed by atoms with van der Waals surface area (Å²) in [6.45, 7) is 0. The highest BCUT2D eigenvalue weighted by atomic mass is 19.4. The van der Waals surface area contributed by atoms with E-state index in [2.05, 4.69) is 20.0 Å². The summed E-state index contributed by atoms with van der Waals surface area (Å²) in [6, 6.07) is 12.2. The fraction of sp³-hybridized carbons (Fsp3) is 0.0952. The number of halogens is 6. The third-order valence-electron chi connectivity index (χ3n) is 4.30. The van der Waals surface area contributed by atoms with Crippen molar-refractivity contribution in [2.75, 3.05) is 5.01 Å². The third-order valence-corrected chi connectivity index (χ3v) is 4.30. The lowest BCUT2D eigenvalue weighted by Gasteiger charge is -2.27. The number of hydrogen-bond acceptors (Lipinski definition) is 5. The molecule has 1 aromatic heterocycles. The van der Waals surface area contributed by atoms with Gasteiger partial charge in [-0.25, -0.2) is 4.68 Å². The monoisotopic (exact) mass is 468 g/mol. The number of aromatic nitrogens is 2. The smallest absolute Gasteiger partial charge is 0.406 e. The predicted octanol–water partition coefficient (Wildman–Crippen LogP) is 5.55. The summed E-state index contributed by atoms with van der Waals surface area (Å²) in [5, 5.41) is 5.72. The lowest BCUT2D eigenvalue weighted by molar-refractivity contribution is -0.275. The number of nitrogens with zero attached hydrogens (tertiary/aromatic N) is 3.